The molecule has 0 spiro atoms. The molecule has 28 heavy (non-hydrogen) atoms. The summed E-state index contributed by atoms with van der Waals surface area (Å²) in [4.78, 5) is 40.0. The van der Waals surface area contributed by atoms with E-state index in [2.05, 4.69) is 10.5 Å². The van der Waals surface area contributed by atoms with Crippen LogP contribution in [0.3, 0.4) is 0 Å². The summed E-state index contributed by atoms with van der Waals surface area (Å²) >= 11 is 0. The van der Waals surface area contributed by atoms with Crippen LogP contribution < -0.4 is 5.32 Å². The molecule has 0 radical (unpaired) electrons. The SMILES string of the molecule is CC(C)C(=O)N1CCN(C(=O)CNC(=O)c2cc(-c3ccccc3)on2)CC1. The van der Waals surface area contributed by atoms with Crippen LogP contribution in [0.15, 0.2) is 40.9 Å². The van der Waals surface area contributed by atoms with Crippen molar-refractivity contribution < 1.29 is 18.9 Å². The number of benzene rings is 1. The first-order valence-corrected chi connectivity index (χ1v) is 9.32. The van der Waals surface area contributed by atoms with Gasteiger partial charge in [0.15, 0.2) is 11.5 Å². The van der Waals surface area contributed by atoms with Crippen LogP contribution in [0.1, 0.15) is 24.3 Å². The molecule has 148 valence electrons. The van der Waals surface area contributed by atoms with Crippen molar-refractivity contribution in [1.29, 1.82) is 0 Å². The lowest BCUT2D eigenvalue weighted by atomic mass is 10.1. The maximum Gasteiger partial charge on any atom is 0.273 e. The molecule has 1 fully saturated rings. The average molecular weight is 384 g/mol. The Kier molecular flexibility index (Phi) is 6.08. The van der Waals surface area contributed by atoms with Crippen molar-refractivity contribution in [2.75, 3.05) is 32.7 Å². The van der Waals surface area contributed by atoms with E-state index in [1.54, 1.807) is 15.9 Å². The van der Waals surface area contributed by atoms with Crippen molar-refractivity contribution in [3.05, 3.63) is 42.1 Å². The number of hydrogen-bond acceptors (Lipinski definition) is 5. The van der Waals surface area contributed by atoms with Crippen molar-refractivity contribution in [3.8, 4) is 11.3 Å². The number of amides is 3. The molecule has 1 aromatic heterocycles. The fraction of sp³-hybridized carbons (Fsp3) is 0.400. The summed E-state index contributed by atoms with van der Waals surface area (Å²) in [5.41, 5.74) is 0.943. The molecule has 1 aromatic carbocycles. The molecule has 8 heteroatoms. The minimum Gasteiger partial charge on any atom is -0.355 e. The lowest BCUT2D eigenvalue weighted by Gasteiger charge is -2.35. The molecular weight excluding hydrogens is 360 g/mol. The summed E-state index contributed by atoms with van der Waals surface area (Å²) in [6, 6.07) is 10.9. The Bertz CT molecular complexity index is 839. The van der Waals surface area contributed by atoms with E-state index < -0.39 is 5.91 Å². The maximum absolute atomic E-state index is 12.3. The number of piperazine rings is 1. The van der Waals surface area contributed by atoms with Crippen LogP contribution in [0.5, 0.6) is 0 Å². The third-order valence-corrected chi connectivity index (χ3v) is 4.64. The Morgan fingerprint density at radius 1 is 1.07 bits per heavy atom. The van der Waals surface area contributed by atoms with Gasteiger partial charge < -0.3 is 19.6 Å². The number of rotatable bonds is 5. The fourth-order valence-electron chi connectivity index (χ4n) is 3.02. The average Bonchev–Trinajstić information content (AvgIpc) is 3.22. The summed E-state index contributed by atoms with van der Waals surface area (Å²) in [5.74, 6) is -0.113. The number of aromatic nitrogens is 1. The van der Waals surface area contributed by atoms with E-state index in [1.165, 1.54) is 0 Å². The number of nitrogens with one attached hydrogen (secondary N) is 1. The maximum atomic E-state index is 12.3. The smallest absolute Gasteiger partial charge is 0.273 e. The van der Waals surface area contributed by atoms with Crippen LogP contribution in [0.2, 0.25) is 0 Å². The zero-order chi connectivity index (χ0) is 20.1. The molecule has 0 bridgehead atoms. The largest absolute Gasteiger partial charge is 0.355 e. The highest BCUT2D eigenvalue weighted by Gasteiger charge is 2.25. The third-order valence-electron chi connectivity index (χ3n) is 4.64. The van der Waals surface area contributed by atoms with E-state index in [9.17, 15) is 14.4 Å². The second kappa shape index (κ2) is 8.69. The second-order valence-corrected chi connectivity index (χ2v) is 6.99. The molecule has 3 amide bonds. The normalized spacial score (nSPS) is 14.2. The van der Waals surface area contributed by atoms with Gasteiger partial charge in [-0.2, -0.15) is 0 Å². The number of carbonyl (C=O) groups is 3. The number of nitrogens with zero attached hydrogens (tertiary/aromatic N) is 3. The third kappa shape index (κ3) is 4.57. The Morgan fingerprint density at radius 2 is 1.71 bits per heavy atom. The standard InChI is InChI=1S/C20H24N4O4/c1-14(2)20(27)24-10-8-23(9-11-24)18(25)13-21-19(26)16-12-17(28-22-16)15-6-4-3-5-7-15/h3-7,12,14H,8-11,13H2,1-2H3,(H,21,26). The van der Waals surface area contributed by atoms with Crippen LogP contribution in [0.4, 0.5) is 0 Å². The van der Waals surface area contributed by atoms with Gasteiger partial charge in [-0.1, -0.05) is 49.3 Å². The molecular formula is C20H24N4O4. The van der Waals surface area contributed by atoms with Gasteiger partial charge in [0, 0.05) is 43.7 Å². The molecule has 0 aliphatic carbocycles. The highest BCUT2D eigenvalue weighted by molar-refractivity contribution is 5.95. The monoisotopic (exact) mass is 384 g/mol. The molecule has 8 nitrogen and oxygen atoms in total. The van der Waals surface area contributed by atoms with Gasteiger partial charge in [0.1, 0.15) is 0 Å². The van der Waals surface area contributed by atoms with Gasteiger partial charge in [0.05, 0.1) is 6.54 Å². The fourth-order valence-corrected chi connectivity index (χ4v) is 3.02. The van der Waals surface area contributed by atoms with Gasteiger partial charge >= 0.3 is 0 Å². The van der Waals surface area contributed by atoms with Gasteiger partial charge in [0.25, 0.3) is 5.91 Å². The number of carbonyl (C=O) groups excluding carboxylic acids is 3. The Morgan fingerprint density at radius 3 is 2.36 bits per heavy atom. The van der Waals surface area contributed by atoms with Crippen molar-refractivity contribution in [3.63, 3.8) is 0 Å². The van der Waals surface area contributed by atoms with Crippen molar-refractivity contribution in [1.82, 2.24) is 20.3 Å². The van der Waals surface area contributed by atoms with Gasteiger partial charge in [-0.3, -0.25) is 14.4 Å². The van der Waals surface area contributed by atoms with Gasteiger partial charge in [-0.15, -0.1) is 0 Å². The van der Waals surface area contributed by atoms with E-state index in [0.717, 1.165) is 5.56 Å². The van der Waals surface area contributed by atoms with Crippen molar-refractivity contribution in [2.45, 2.75) is 13.8 Å². The lowest BCUT2D eigenvalue weighted by Crippen LogP contribution is -2.53. The minimum atomic E-state index is -0.465. The Balaban J connectivity index is 1.48. The molecule has 2 heterocycles. The Hall–Kier alpha value is -3.16. The van der Waals surface area contributed by atoms with E-state index in [1.807, 2.05) is 44.2 Å². The highest BCUT2D eigenvalue weighted by atomic mass is 16.5. The predicted molar refractivity (Wildman–Crippen MR) is 102 cm³/mol. The second-order valence-electron chi connectivity index (χ2n) is 6.99. The zero-order valence-electron chi connectivity index (χ0n) is 16.1. The first-order chi connectivity index (χ1) is 13.5. The van der Waals surface area contributed by atoms with Gasteiger partial charge in [-0.25, -0.2) is 0 Å². The molecule has 1 N–H and O–H groups in total. The van der Waals surface area contributed by atoms with E-state index >= 15 is 0 Å². The zero-order valence-corrected chi connectivity index (χ0v) is 16.1. The molecule has 1 aliphatic rings. The van der Waals surface area contributed by atoms with Crippen molar-refractivity contribution >= 4 is 17.7 Å². The summed E-state index contributed by atoms with van der Waals surface area (Å²) in [7, 11) is 0. The topological polar surface area (TPSA) is 95.8 Å². The molecule has 0 atom stereocenters. The van der Waals surface area contributed by atoms with Crippen LogP contribution in [-0.4, -0.2) is 65.4 Å². The van der Waals surface area contributed by atoms with E-state index in [0.29, 0.717) is 31.9 Å². The van der Waals surface area contributed by atoms with Gasteiger partial charge in [-0.05, 0) is 0 Å². The molecule has 0 unspecified atom stereocenters. The summed E-state index contributed by atoms with van der Waals surface area (Å²) in [6.45, 7) is 5.57. The lowest BCUT2D eigenvalue weighted by molar-refractivity contribution is -0.140. The van der Waals surface area contributed by atoms with E-state index in [-0.39, 0.29) is 30.0 Å². The summed E-state index contributed by atoms with van der Waals surface area (Å²) in [5, 5.41) is 6.35. The molecule has 2 aromatic rings. The van der Waals surface area contributed by atoms with Crippen LogP contribution in [0.25, 0.3) is 11.3 Å². The van der Waals surface area contributed by atoms with Crippen LogP contribution in [0, 0.1) is 5.92 Å². The molecule has 0 saturated carbocycles. The predicted octanol–water partition coefficient (Wildman–Crippen LogP) is 1.40. The number of hydrogen-bond donors (Lipinski definition) is 1. The summed E-state index contributed by atoms with van der Waals surface area (Å²) < 4.78 is 5.20. The molecule has 1 aliphatic heterocycles. The van der Waals surface area contributed by atoms with Crippen LogP contribution >= 0.6 is 0 Å². The highest BCUT2D eigenvalue weighted by Crippen LogP contribution is 2.19. The quantitative estimate of drug-likeness (QED) is 0.841. The minimum absolute atomic E-state index is 0.0511. The molecule has 1 saturated heterocycles. The summed E-state index contributed by atoms with van der Waals surface area (Å²) in [6.07, 6.45) is 0. The Labute approximate surface area is 163 Å². The van der Waals surface area contributed by atoms with Gasteiger partial charge in [0.2, 0.25) is 11.8 Å². The first-order valence-electron chi connectivity index (χ1n) is 9.32. The first kappa shape index (κ1) is 19.6. The van der Waals surface area contributed by atoms with E-state index in [4.69, 9.17) is 4.52 Å². The van der Waals surface area contributed by atoms with Crippen molar-refractivity contribution in [2.24, 2.45) is 5.92 Å². The van der Waals surface area contributed by atoms with Crippen LogP contribution in [-0.2, 0) is 9.59 Å². The molecule has 3 rings (SSSR count).